The molecule has 0 aliphatic rings. The van der Waals surface area contributed by atoms with Crippen molar-refractivity contribution in [3.8, 4) is 11.3 Å². The molecule has 0 amide bonds. The Bertz CT molecular complexity index is 702. The third-order valence-corrected chi connectivity index (χ3v) is 3.35. The molecule has 0 fully saturated rings. The van der Waals surface area contributed by atoms with E-state index in [1.165, 1.54) is 0 Å². The van der Waals surface area contributed by atoms with Crippen molar-refractivity contribution in [2.45, 2.75) is 6.54 Å². The second-order valence-corrected chi connectivity index (χ2v) is 5.06. The number of benzene rings is 2. The number of hydrogen-bond acceptors (Lipinski definition) is 2. The highest BCUT2D eigenvalue weighted by atomic mass is 35.5. The molecule has 2 N–H and O–H groups in total. The number of halogens is 1. The molecule has 0 saturated heterocycles. The zero-order valence-corrected chi connectivity index (χ0v) is 11.6. The van der Waals surface area contributed by atoms with Crippen LogP contribution in [0.2, 0.25) is 5.02 Å². The van der Waals surface area contributed by atoms with Gasteiger partial charge in [-0.3, -0.25) is 4.68 Å². The topological polar surface area (TPSA) is 43.8 Å². The van der Waals surface area contributed by atoms with Gasteiger partial charge in [-0.15, -0.1) is 0 Å². The van der Waals surface area contributed by atoms with Gasteiger partial charge in [-0.05, 0) is 17.7 Å². The Labute approximate surface area is 122 Å². The molecule has 3 rings (SSSR count). The number of hydrogen-bond donors (Lipinski definition) is 1. The van der Waals surface area contributed by atoms with Crippen molar-refractivity contribution >= 4 is 17.3 Å². The summed E-state index contributed by atoms with van der Waals surface area (Å²) in [6, 6.07) is 17.7. The molecule has 20 heavy (non-hydrogen) atoms. The SMILES string of the molecule is Nc1cn(Cc2ccc(Cl)cc2)nc1-c1ccccc1. The lowest BCUT2D eigenvalue weighted by Gasteiger charge is -2.02. The second kappa shape index (κ2) is 5.39. The molecule has 0 radical (unpaired) electrons. The third-order valence-electron chi connectivity index (χ3n) is 3.10. The molecule has 0 bridgehead atoms. The van der Waals surface area contributed by atoms with E-state index in [1.807, 2.05) is 65.5 Å². The quantitative estimate of drug-likeness (QED) is 0.794. The molecule has 3 nitrogen and oxygen atoms in total. The molecule has 1 aromatic heterocycles. The molecule has 2 aromatic carbocycles. The van der Waals surface area contributed by atoms with E-state index in [4.69, 9.17) is 17.3 Å². The Kier molecular flexibility index (Phi) is 3.44. The van der Waals surface area contributed by atoms with E-state index in [2.05, 4.69) is 5.10 Å². The Morgan fingerprint density at radius 2 is 1.70 bits per heavy atom. The van der Waals surface area contributed by atoms with Crippen molar-refractivity contribution in [2.75, 3.05) is 5.73 Å². The molecular weight excluding hydrogens is 270 g/mol. The minimum atomic E-state index is 0.675. The monoisotopic (exact) mass is 283 g/mol. The molecule has 1 heterocycles. The molecule has 3 aromatic rings. The van der Waals surface area contributed by atoms with Crippen LogP contribution in [0.3, 0.4) is 0 Å². The minimum absolute atomic E-state index is 0.675. The first-order valence-electron chi connectivity index (χ1n) is 6.35. The number of nitrogens with zero attached hydrogens (tertiary/aromatic N) is 2. The fourth-order valence-corrected chi connectivity index (χ4v) is 2.24. The summed E-state index contributed by atoms with van der Waals surface area (Å²) in [4.78, 5) is 0. The highest BCUT2D eigenvalue weighted by Gasteiger charge is 2.08. The van der Waals surface area contributed by atoms with Gasteiger partial charge < -0.3 is 5.73 Å². The van der Waals surface area contributed by atoms with Crippen LogP contribution in [0.1, 0.15) is 5.56 Å². The molecule has 100 valence electrons. The fourth-order valence-electron chi connectivity index (χ4n) is 2.12. The van der Waals surface area contributed by atoms with E-state index >= 15 is 0 Å². The summed E-state index contributed by atoms with van der Waals surface area (Å²) in [6.45, 7) is 0.675. The van der Waals surface area contributed by atoms with Crippen LogP contribution in [-0.2, 0) is 6.54 Å². The first-order valence-corrected chi connectivity index (χ1v) is 6.73. The van der Waals surface area contributed by atoms with E-state index in [0.717, 1.165) is 21.8 Å². The van der Waals surface area contributed by atoms with Crippen LogP contribution in [0.25, 0.3) is 11.3 Å². The standard InChI is InChI=1S/C16H14ClN3/c17-14-8-6-12(7-9-14)10-20-11-15(18)16(19-20)13-4-2-1-3-5-13/h1-9,11H,10,18H2. The van der Waals surface area contributed by atoms with E-state index in [0.29, 0.717) is 12.2 Å². The van der Waals surface area contributed by atoms with E-state index in [-0.39, 0.29) is 0 Å². The average molecular weight is 284 g/mol. The first-order chi connectivity index (χ1) is 9.72. The van der Waals surface area contributed by atoms with Crippen molar-refractivity contribution in [3.05, 3.63) is 71.4 Å². The Hall–Kier alpha value is -2.26. The summed E-state index contributed by atoms with van der Waals surface area (Å²) in [5.41, 5.74) is 9.71. The number of aromatic nitrogens is 2. The van der Waals surface area contributed by atoms with Gasteiger partial charge in [0.15, 0.2) is 0 Å². The van der Waals surface area contributed by atoms with Crippen molar-refractivity contribution < 1.29 is 0 Å². The molecule has 0 atom stereocenters. The lowest BCUT2D eigenvalue weighted by Crippen LogP contribution is -2.00. The van der Waals surface area contributed by atoms with E-state index < -0.39 is 0 Å². The lowest BCUT2D eigenvalue weighted by molar-refractivity contribution is 0.689. The first kappa shape index (κ1) is 12.8. The van der Waals surface area contributed by atoms with Gasteiger partial charge in [-0.1, -0.05) is 54.1 Å². The zero-order valence-electron chi connectivity index (χ0n) is 10.8. The predicted octanol–water partition coefficient (Wildman–Crippen LogP) is 3.83. The fraction of sp³-hybridized carbons (Fsp3) is 0.0625. The summed E-state index contributed by atoms with van der Waals surface area (Å²) in [6.07, 6.45) is 1.86. The number of nitrogens with two attached hydrogens (primary N) is 1. The van der Waals surface area contributed by atoms with Crippen LogP contribution < -0.4 is 5.73 Å². The van der Waals surface area contributed by atoms with Crippen LogP contribution in [0.4, 0.5) is 5.69 Å². The Morgan fingerprint density at radius 1 is 1.00 bits per heavy atom. The highest BCUT2D eigenvalue weighted by Crippen LogP contribution is 2.23. The van der Waals surface area contributed by atoms with Crippen molar-refractivity contribution in [2.24, 2.45) is 0 Å². The van der Waals surface area contributed by atoms with E-state index in [1.54, 1.807) is 0 Å². The van der Waals surface area contributed by atoms with Crippen molar-refractivity contribution in [1.29, 1.82) is 0 Å². The van der Waals surface area contributed by atoms with Crippen LogP contribution in [0, 0.1) is 0 Å². The van der Waals surface area contributed by atoms with Crippen LogP contribution in [-0.4, -0.2) is 9.78 Å². The molecule has 0 spiro atoms. The summed E-state index contributed by atoms with van der Waals surface area (Å²) >= 11 is 5.88. The second-order valence-electron chi connectivity index (χ2n) is 4.62. The third kappa shape index (κ3) is 2.68. The van der Waals surface area contributed by atoms with Gasteiger partial charge in [0.2, 0.25) is 0 Å². The normalized spacial score (nSPS) is 10.7. The molecule has 0 unspecified atom stereocenters. The smallest absolute Gasteiger partial charge is 0.115 e. The summed E-state index contributed by atoms with van der Waals surface area (Å²) < 4.78 is 1.85. The van der Waals surface area contributed by atoms with Gasteiger partial charge in [0, 0.05) is 16.8 Å². The molecule has 0 aliphatic carbocycles. The van der Waals surface area contributed by atoms with Gasteiger partial charge in [-0.25, -0.2) is 0 Å². The molecule has 0 saturated carbocycles. The predicted molar refractivity (Wildman–Crippen MR) is 82.6 cm³/mol. The summed E-state index contributed by atoms with van der Waals surface area (Å²) in [7, 11) is 0. The maximum atomic E-state index is 6.05. The Balaban J connectivity index is 1.87. The van der Waals surface area contributed by atoms with Crippen LogP contribution in [0.5, 0.6) is 0 Å². The van der Waals surface area contributed by atoms with Gasteiger partial charge in [0.1, 0.15) is 5.69 Å². The van der Waals surface area contributed by atoms with Crippen LogP contribution in [0.15, 0.2) is 60.8 Å². The summed E-state index contributed by atoms with van der Waals surface area (Å²) in [5.74, 6) is 0. The lowest BCUT2D eigenvalue weighted by atomic mass is 10.1. The maximum Gasteiger partial charge on any atom is 0.115 e. The van der Waals surface area contributed by atoms with Gasteiger partial charge >= 0.3 is 0 Å². The maximum absolute atomic E-state index is 6.05. The minimum Gasteiger partial charge on any atom is -0.396 e. The Morgan fingerprint density at radius 3 is 2.40 bits per heavy atom. The molecule has 4 heteroatoms. The van der Waals surface area contributed by atoms with Gasteiger partial charge in [0.25, 0.3) is 0 Å². The largest absolute Gasteiger partial charge is 0.396 e. The van der Waals surface area contributed by atoms with Crippen molar-refractivity contribution in [3.63, 3.8) is 0 Å². The number of nitrogen functional groups attached to an aromatic ring is 1. The van der Waals surface area contributed by atoms with Gasteiger partial charge in [-0.2, -0.15) is 5.10 Å². The molecule has 0 aliphatic heterocycles. The van der Waals surface area contributed by atoms with Crippen LogP contribution >= 0.6 is 11.6 Å². The molecular formula is C16H14ClN3. The zero-order chi connectivity index (χ0) is 13.9. The average Bonchev–Trinajstić information content (AvgIpc) is 2.83. The van der Waals surface area contributed by atoms with Gasteiger partial charge in [0.05, 0.1) is 12.2 Å². The van der Waals surface area contributed by atoms with E-state index in [9.17, 15) is 0 Å². The highest BCUT2D eigenvalue weighted by molar-refractivity contribution is 6.30. The number of anilines is 1. The van der Waals surface area contributed by atoms with Crippen molar-refractivity contribution in [1.82, 2.24) is 9.78 Å². The summed E-state index contributed by atoms with van der Waals surface area (Å²) in [5, 5.41) is 5.29. The number of rotatable bonds is 3.